The van der Waals surface area contributed by atoms with Gasteiger partial charge in [-0.1, -0.05) is 0 Å². The zero-order valence-electron chi connectivity index (χ0n) is 7.37. The first-order valence-electron chi connectivity index (χ1n) is 3.96. The Labute approximate surface area is 71.4 Å². The van der Waals surface area contributed by atoms with E-state index in [0.717, 1.165) is 12.4 Å². The summed E-state index contributed by atoms with van der Waals surface area (Å²) >= 11 is 0. The fraction of sp³-hybridized carbons (Fsp3) is 0.500. The lowest BCUT2D eigenvalue weighted by atomic mass is 10.3. The highest BCUT2D eigenvalue weighted by atomic mass is 16.1. The molecule has 4 heteroatoms. The summed E-state index contributed by atoms with van der Waals surface area (Å²) in [6.07, 6.45) is 1.58. The van der Waals surface area contributed by atoms with Crippen molar-refractivity contribution in [3.8, 4) is 0 Å². The molecule has 66 valence electrons. The van der Waals surface area contributed by atoms with Crippen LogP contribution >= 0.6 is 0 Å². The number of Topliss-reactive ketones (excluding diaryl/α,β-unsaturated/α-hetero) is 1. The lowest BCUT2D eigenvalue weighted by Crippen LogP contribution is -2.17. The molecule has 1 aromatic heterocycles. The maximum absolute atomic E-state index is 11.2. The minimum Gasteiger partial charge on any atom is -0.326 e. The molecule has 0 aliphatic carbocycles. The molecule has 0 bridgehead atoms. The van der Waals surface area contributed by atoms with Crippen LogP contribution in [-0.2, 0) is 6.54 Å². The first-order valence-corrected chi connectivity index (χ1v) is 3.96. The van der Waals surface area contributed by atoms with Crippen molar-refractivity contribution in [1.29, 1.82) is 0 Å². The normalized spacial score (nSPS) is 10.2. The summed E-state index contributed by atoms with van der Waals surface area (Å²) in [7, 11) is 0. The van der Waals surface area contributed by atoms with Crippen LogP contribution in [-0.4, -0.2) is 21.9 Å². The van der Waals surface area contributed by atoms with E-state index in [4.69, 9.17) is 5.73 Å². The quantitative estimate of drug-likeness (QED) is 0.661. The summed E-state index contributed by atoms with van der Waals surface area (Å²) in [6, 6.07) is 0. The van der Waals surface area contributed by atoms with Gasteiger partial charge in [0.15, 0.2) is 5.78 Å². The second-order valence-electron chi connectivity index (χ2n) is 2.56. The Morgan fingerprint density at radius 1 is 1.75 bits per heavy atom. The summed E-state index contributed by atoms with van der Waals surface area (Å²) in [5.74, 6) is 0.798. The van der Waals surface area contributed by atoms with E-state index >= 15 is 0 Å². The Hall–Kier alpha value is -1.16. The van der Waals surface area contributed by atoms with Gasteiger partial charge < -0.3 is 10.3 Å². The van der Waals surface area contributed by atoms with Crippen LogP contribution in [0.15, 0.2) is 6.20 Å². The number of carbonyl (C=O) groups is 1. The predicted octanol–water partition coefficient (Wildman–Crippen LogP) is 0.353. The van der Waals surface area contributed by atoms with Gasteiger partial charge in [0, 0.05) is 6.54 Å². The summed E-state index contributed by atoms with van der Waals surface area (Å²) in [5, 5.41) is 0. The van der Waals surface area contributed by atoms with E-state index in [1.807, 2.05) is 18.4 Å². The highest BCUT2D eigenvalue weighted by Gasteiger charge is 2.10. The zero-order valence-corrected chi connectivity index (χ0v) is 7.37. The minimum absolute atomic E-state index is 0.0468. The third-order valence-electron chi connectivity index (χ3n) is 1.84. The number of hydrogen-bond donors (Lipinski definition) is 1. The molecule has 1 rings (SSSR count). The molecule has 1 aromatic rings. The molecule has 0 unspecified atom stereocenters. The summed E-state index contributed by atoms with van der Waals surface area (Å²) < 4.78 is 1.86. The molecule has 0 atom stereocenters. The predicted molar refractivity (Wildman–Crippen MR) is 46.0 cm³/mol. The van der Waals surface area contributed by atoms with Crippen molar-refractivity contribution in [2.24, 2.45) is 5.73 Å². The first-order chi connectivity index (χ1) is 5.70. The summed E-state index contributed by atoms with van der Waals surface area (Å²) in [6.45, 7) is 4.65. The molecular formula is C8H13N3O. The Balaban J connectivity index is 3.07. The van der Waals surface area contributed by atoms with Crippen LogP contribution in [0.3, 0.4) is 0 Å². The number of rotatable bonds is 3. The van der Waals surface area contributed by atoms with Crippen molar-refractivity contribution in [2.75, 3.05) is 6.54 Å². The second-order valence-corrected chi connectivity index (χ2v) is 2.56. The van der Waals surface area contributed by atoms with Crippen LogP contribution < -0.4 is 5.73 Å². The topological polar surface area (TPSA) is 60.9 Å². The van der Waals surface area contributed by atoms with Crippen LogP contribution in [0.2, 0.25) is 0 Å². The molecule has 0 saturated carbocycles. The van der Waals surface area contributed by atoms with Gasteiger partial charge in [-0.2, -0.15) is 0 Å². The minimum atomic E-state index is -0.0579. The van der Waals surface area contributed by atoms with Crippen molar-refractivity contribution in [1.82, 2.24) is 9.55 Å². The van der Waals surface area contributed by atoms with Gasteiger partial charge in [-0.25, -0.2) is 4.98 Å². The van der Waals surface area contributed by atoms with Crippen molar-refractivity contribution < 1.29 is 4.79 Å². The molecule has 0 fully saturated rings. The summed E-state index contributed by atoms with van der Waals surface area (Å²) in [5.41, 5.74) is 5.86. The third-order valence-corrected chi connectivity index (χ3v) is 1.84. The number of aromatic nitrogens is 2. The van der Waals surface area contributed by atoms with Crippen LogP contribution in [0.5, 0.6) is 0 Å². The molecule has 0 spiro atoms. The highest BCUT2D eigenvalue weighted by Crippen LogP contribution is 2.04. The Bertz CT molecular complexity index is 290. The van der Waals surface area contributed by atoms with Crippen molar-refractivity contribution in [3.05, 3.63) is 17.7 Å². The van der Waals surface area contributed by atoms with Crippen LogP contribution in [0, 0.1) is 6.92 Å². The van der Waals surface area contributed by atoms with Crippen molar-refractivity contribution in [3.63, 3.8) is 0 Å². The van der Waals surface area contributed by atoms with E-state index in [-0.39, 0.29) is 12.3 Å². The maximum Gasteiger partial charge on any atom is 0.194 e. The van der Waals surface area contributed by atoms with Crippen molar-refractivity contribution in [2.45, 2.75) is 20.4 Å². The molecule has 4 nitrogen and oxygen atoms in total. The van der Waals surface area contributed by atoms with Crippen LogP contribution in [0.1, 0.15) is 23.2 Å². The largest absolute Gasteiger partial charge is 0.326 e. The SMILES string of the molecule is CCn1c(C(=O)CN)cnc1C. The lowest BCUT2D eigenvalue weighted by Gasteiger charge is -2.04. The van der Waals surface area contributed by atoms with Gasteiger partial charge in [0.05, 0.1) is 12.7 Å². The van der Waals surface area contributed by atoms with Gasteiger partial charge in [0.25, 0.3) is 0 Å². The van der Waals surface area contributed by atoms with Gasteiger partial charge in [-0.3, -0.25) is 4.79 Å². The number of ketones is 1. The number of carbonyl (C=O) groups excluding carboxylic acids is 1. The number of imidazole rings is 1. The van der Waals surface area contributed by atoms with Gasteiger partial charge in [0.1, 0.15) is 11.5 Å². The van der Waals surface area contributed by atoms with Gasteiger partial charge in [-0.15, -0.1) is 0 Å². The second kappa shape index (κ2) is 3.49. The van der Waals surface area contributed by atoms with E-state index in [1.165, 1.54) is 0 Å². The zero-order chi connectivity index (χ0) is 9.14. The van der Waals surface area contributed by atoms with Gasteiger partial charge in [-0.05, 0) is 13.8 Å². The highest BCUT2D eigenvalue weighted by molar-refractivity contribution is 5.95. The summed E-state index contributed by atoms with van der Waals surface area (Å²) in [4.78, 5) is 15.3. The third kappa shape index (κ3) is 1.38. The van der Waals surface area contributed by atoms with E-state index in [1.54, 1.807) is 6.20 Å². The molecule has 1 heterocycles. The lowest BCUT2D eigenvalue weighted by molar-refractivity contribution is 0.0992. The Morgan fingerprint density at radius 3 is 2.92 bits per heavy atom. The molecule has 0 saturated heterocycles. The molecule has 0 aromatic carbocycles. The molecule has 0 aliphatic rings. The number of aryl methyl sites for hydroxylation is 1. The maximum atomic E-state index is 11.2. The van der Waals surface area contributed by atoms with E-state index in [9.17, 15) is 4.79 Å². The first kappa shape index (κ1) is 8.93. The number of nitrogens with two attached hydrogens (primary N) is 1. The van der Waals surface area contributed by atoms with Crippen molar-refractivity contribution >= 4 is 5.78 Å². The fourth-order valence-corrected chi connectivity index (χ4v) is 1.19. The average molecular weight is 167 g/mol. The van der Waals surface area contributed by atoms with Gasteiger partial charge in [0.2, 0.25) is 0 Å². The Morgan fingerprint density at radius 2 is 2.42 bits per heavy atom. The number of hydrogen-bond acceptors (Lipinski definition) is 3. The molecular weight excluding hydrogens is 154 g/mol. The monoisotopic (exact) mass is 167 g/mol. The molecule has 0 radical (unpaired) electrons. The standard InChI is InChI=1S/C8H13N3O/c1-3-11-6(2)10-5-7(11)8(12)4-9/h5H,3-4,9H2,1-2H3. The molecule has 12 heavy (non-hydrogen) atoms. The van der Waals surface area contributed by atoms with E-state index in [0.29, 0.717) is 5.69 Å². The molecule has 0 amide bonds. The average Bonchev–Trinajstić information content (AvgIpc) is 2.45. The van der Waals surface area contributed by atoms with Gasteiger partial charge >= 0.3 is 0 Å². The van der Waals surface area contributed by atoms with E-state index in [2.05, 4.69) is 4.98 Å². The molecule has 2 N–H and O–H groups in total. The molecule has 0 aliphatic heterocycles. The smallest absolute Gasteiger partial charge is 0.194 e. The number of nitrogens with zero attached hydrogens (tertiary/aromatic N) is 2. The Kier molecular flexibility index (Phi) is 2.60. The fourth-order valence-electron chi connectivity index (χ4n) is 1.19. The van der Waals surface area contributed by atoms with Crippen LogP contribution in [0.25, 0.3) is 0 Å². The van der Waals surface area contributed by atoms with E-state index < -0.39 is 0 Å². The van der Waals surface area contributed by atoms with Crippen LogP contribution in [0.4, 0.5) is 0 Å².